The molecule has 0 aliphatic heterocycles. The first kappa shape index (κ1) is 17.3. The molecule has 3 rings (SSSR count). The number of alkyl halides is 2. The number of imidazole rings is 1. The van der Waals surface area contributed by atoms with Crippen molar-refractivity contribution in [1.29, 1.82) is 0 Å². The van der Waals surface area contributed by atoms with Crippen molar-refractivity contribution in [3.05, 3.63) is 54.1 Å². The average molecular weight is 369 g/mol. The van der Waals surface area contributed by atoms with Gasteiger partial charge in [-0.25, -0.2) is 13.8 Å². The van der Waals surface area contributed by atoms with Crippen molar-refractivity contribution < 1.29 is 22.4 Å². The predicted molar refractivity (Wildman–Crippen MR) is 86.7 cm³/mol. The summed E-state index contributed by atoms with van der Waals surface area (Å²) in [6.45, 7) is -2.81. The Morgan fingerprint density at radius 1 is 1.16 bits per heavy atom. The summed E-state index contributed by atoms with van der Waals surface area (Å²) in [4.78, 5) is 16.0. The Kier molecular flexibility index (Phi) is 4.93. The van der Waals surface area contributed by atoms with E-state index in [0.29, 0.717) is 11.6 Å². The summed E-state index contributed by atoms with van der Waals surface area (Å²) >= 11 is 0.809. The van der Waals surface area contributed by atoms with Crippen LogP contribution in [0.3, 0.4) is 0 Å². The van der Waals surface area contributed by atoms with Gasteiger partial charge < -0.3 is 5.32 Å². The molecule has 0 saturated heterocycles. The third kappa shape index (κ3) is 3.93. The lowest BCUT2D eigenvalue weighted by Crippen LogP contribution is -2.15. The molecule has 4 nitrogen and oxygen atoms in total. The van der Waals surface area contributed by atoms with Gasteiger partial charge in [-0.2, -0.15) is 8.78 Å². The minimum absolute atomic E-state index is 0.0169. The van der Waals surface area contributed by atoms with Gasteiger partial charge in [-0.1, -0.05) is 23.9 Å². The lowest BCUT2D eigenvalue weighted by molar-refractivity contribution is -0.113. The fourth-order valence-electron chi connectivity index (χ4n) is 2.27. The minimum atomic E-state index is -2.81. The van der Waals surface area contributed by atoms with Gasteiger partial charge in [-0.05, 0) is 24.3 Å². The molecule has 0 atom stereocenters. The van der Waals surface area contributed by atoms with Gasteiger partial charge in [-0.3, -0.25) is 9.36 Å². The monoisotopic (exact) mass is 369 g/mol. The van der Waals surface area contributed by atoms with E-state index in [-0.39, 0.29) is 22.1 Å². The van der Waals surface area contributed by atoms with E-state index in [4.69, 9.17) is 0 Å². The van der Waals surface area contributed by atoms with Crippen molar-refractivity contribution in [1.82, 2.24) is 9.55 Å². The summed E-state index contributed by atoms with van der Waals surface area (Å²) in [5.41, 5.74) is 0.594. The predicted octanol–water partition coefficient (Wildman–Crippen LogP) is 4.44. The van der Waals surface area contributed by atoms with E-state index in [1.54, 1.807) is 18.2 Å². The Bertz CT molecular complexity index is 909. The highest BCUT2D eigenvalue weighted by atomic mass is 32.2. The van der Waals surface area contributed by atoms with Crippen LogP contribution >= 0.6 is 11.8 Å². The van der Waals surface area contributed by atoms with Crippen LogP contribution in [-0.4, -0.2) is 21.2 Å². The Labute approximate surface area is 143 Å². The first-order valence-electron chi connectivity index (χ1n) is 7.08. The fraction of sp³-hybridized carbons (Fsp3) is 0.125. The molecule has 0 saturated carbocycles. The summed E-state index contributed by atoms with van der Waals surface area (Å²) in [6.07, 6.45) is 0. The molecule has 1 amide bonds. The molecule has 0 aliphatic rings. The molecule has 9 heteroatoms. The van der Waals surface area contributed by atoms with Crippen molar-refractivity contribution in [3.63, 3.8) is 0 Å². The first-order chi connectivity index (χ1) is 11.9. The SMILES string of the molecule is O=C(CSc1nc2ccccc2n1C(F)F)Nc1cc(F)cc(F)c1. The standard InChI is InChI=1S/C16H11F4N3OS/c17-9-5-10(18)7-11(6-9)21-14(24)8-25-16-22-12-3-1-2-4-13(12)23(16)15(19)20/h1-7,15H,8H2,(H,21,24). The molecule has 0 radical (unpaired) electrons. The molecule has 130 valence electrons. The van der Waals surface area contributed by atoms with Crippen LogP contribution in [0.15, 0.2) is 47.6 Å². The van der Waals surface area contributed by atoms with Crippen LogP contribution < -0.4 is 5.32 Å². The quantitative estimate of drug-likeness (QED) is 0.534. The van der Waals surface area contributed by atoms with Crippen LogP contribution in [0.25, 0.3) is 11.0 Å². The number of amides is 1. The Balaban J connectivity index is 1.74. The molecule has 1 N–H and O–H groups in total. The van der Waals surface area contributed by atoms with Gasteiger partial charge >= 0.3 is 6.55 Å². The number of hydrogen-bond acceptors (Lipinski definition) is 3. The molecule has 1 aromatic heterocycles. The van der Waals surface area contributed by atoms with Gasteiger partial charge in [0, 0.05) is 11.8 Å². The number of fused-ring (bicyclic) bond motifs is 1. The molecule has 25 heavy (non-hydrogen) atoms. The number of anilines is 1. The molecule has 3 aromatic rings. The van der Waals surface area contributed by atoms with Crippen LogP contribution in [0.1, 0.15) is 6.55 Å². The van der Waals surface area contributed by atoms with Gasteiger partial charge in [0.05, 0.1) is 16.8 Å². The van der Waals surface area contributed by atoms with Crippen LogP contribution in [0.4, 0.5) is 23.2 Å². The Morgan fingerprint density at radius 3 is 2.52 bits per heavy atom. The number of nitrogens with one attached hydrogen (secondary N) is 1. The smallest absolute Gasteiger partial charge is 0.321 e. The number of carbonyl (C=O) groups excluding carboxylic acids is 1. The normalized spacial score (nSPS) is 11.2. The number of aromatic nitrogens is 2. The van der Waals surface area contributed by atoms with E-state index in [0.717, 1.165) is 28.5 Å². The number of rotatable bonds is 5. The molecule has 0 unspecified atom stereocenters. The van der Waals surface area contributed by atoms with Crippen LogP contribution in [0.2, 0.25) is 0 Å². The maximum absolute atomic E-state index is 13.3. The number of nitrogens with zero attached hydrogens (tertiary/aromatic N) is 2. The van der Waals surface area contributed by atoms with E-state index < -0.39 is 24.1 Å². The van der Waals surface area contributed by atoms with Crippen molar-refractivity contribution in [2.75, 3.05) is 11.1 Å². The number of thioether (sulfide) groups is 1. The molecule has 0 fully saturated rings. The zero-order valence-electron chi connectivity index (χ0n) is 12.5. The zero-order valence-corrected chi connectivity index (χ0v) is 13.4. The van der Waals surface area contributed by atoms with Gasteiger partial charge in [0.2, 0.25) is 5.91 Å². The molecule has 0 aliphatic carbocycles. The second-order valence-corrected chi connectivity index (χ2v) is 5.97. The van der Waals surface area contributed by atoms with E-state index in [1.807, 2.05) is 0 Å². The third-order valence-corrected chi connectivity index (χ3v) is 4.19. The van der Waals surface area contributed by atoms with Crippen LogP contribution in [-0.2, 0) is 4.79 Å². The highest BCUT2D eigenvalue weighted by Crippen LogP contribution is 2.29. The van der Waals surface area contributed by atoms with Gasteiger partial charge in [-0.15, -0.1) is 0 Å². The second-order valence-electron chi connectivity index (χ2n) is 5.03. The van der Waals surface area contributed by atoms with Crippen LogP contribution in [0.5, 0.6) is 0 Å². The summed E-state index contributed by atoms with van der Waals surface area (Å²) < 4.78 is 53.5. The number of benzene rings is 2. The molecular weight excluding hydrogens is 358 g/mol. The lowest BCUT2D eigenvalue weighted by Gasteiger charge is -2.08. The average Bonchev–Trinajstić information content (AvgIpc) is 2.90. The number of halogens is 4. The van der Waals surface area contributed by atoms with Crippen LogP contribution in [0, 0.1) is 11.6 Å². The highest BCUT2D eigenvalue weighted by molar-refractivity contribution is 7.99. The Morgan fingerprint density at radius 2 is 1.84 bits per heavy atom. The topological polar surface area (TPSA) is 46.9 Å². The minimum Gasteiger partial charge on any atom is -0.325 e. The summed E-state index contributed by atoms with van der Waals surface area (Å²) in [6, 6.07) is 8.98. The van der Waals surface area contributed by atoms with Crippen molar-refractivity contribution >= 4 is 34.4 Å². The van der Waals surface area contributed by atoms with Gasteiger partial charge in [0.15, 0.2) is 5.16 Å². The first-order valence-corrected chi connectivity index (χ1v) is 8.06. The van der Waals surface area contributed by atoms with Crippen molar-refractivity contribution in [2.45, 2.75) is 11.7 Å². The maximum atomic E-state index is 13.3. The third-order valence-electron chi connectivity index (χ3n) is 3.24. The zero-order chi connectivity index (χ0) is 18.0. The largest absolute Gasteiger partial charge is 0.325 e. The van der Waals surface area contributed by atoms with E-state index in [9.17, 15) is 22.4 Å². The molecule has 0 bridgehead atoms. The summed E-state index contributed by atoms with van der Waals surface area (Å²) in [5, 5.41) is 2.30. The molecule has 2 aromatic carbocycles. The van der Waals surface area contributed by atoms with Gasteiger partial charge in [0.25, 0.3) is 0 Å². The highest BCUT2D eigenvalue weighted by Gasteiger charge is 2.18. The number of carbonyl (C=O) groups is 1. The second kappa shape index (κ2) is 7.14. The lowest BCUT2D eigenvalue weighted by atomic mass is 10.3. The summed E-state index contributed by atoms with van der Waals surface area (Å²) in [7, 11) is 0. The van der Waals surface area contributed by atoms with E-state index >= 15 is 0 Å². The van der Waals surface area contributed by atoms with Crippen molar-refractivity contribution in [2.24, 2.45) is 0 Å². The molecule has 1 heterocycles. The van der Waals surface area contributed by atoms with E-state index in [2.05, 4.69) is 10.3 Å². The molecule has 0 spiro atoms. The summed E-state index contributed by atoms with van der Waals surface area (Å²) in [5.74, 6) is -2.50. The number of hydrogen-bond donors (Lipinski definition) is 1. The fourth-order valence-corrected chi connectivity index (χ4v) is 3.08. The molecular formula is C16H11F4N3OS. The maximum Gasteiger partial charge on any atom is 0.321 e. The van der Waals surface area contributed by atoms with Crippen molar-refractivity contribution in [3.8, 4) is 0 Å². The van der Waals surface area contributed by atoms with Gasteiger partial charge in [0.1, 0.15) is 11.6 Å². The Hall–Kier alpha value is -2.55. The number of para-hydroxylation sites is 2. The van der Waals surface area contributed by atoms with E-state index in [1.165, 1.54) is 6.07 Å².